The summed E-state index contributed by atoms with van der Waals surface area (Å²) in [5.41, 5.74) is 1.86. The topological polar surface area (TPSA) is 70.1 Å². The lowest BCUT2D eigenvalue weighted by molar-refractivity contribution is -0.154. The molecule has 1 atom stereocenters. The van der Waals surface area contributed by atoms with Crippen LogP contribution in [0.4, 0.5) is 10.5 Å². The summed E-state index contributed by atoms with van der Waals surface area (Å²) in [6.45, 7) is 5.11. The third kappa shape index (κ3) is 3.33. The van der Waals surface area contributed by atoms with Gasteiger partial charge in [-0.2, -0.15) is 0 Å². The molecule has 1 unspecified atom stereocenters. The Bertz CT molecular complexity index is 532. The summed E-state index contributed by atoms with van der Waals surface area (Å²) < 4.78 is 5.15. The number of hydrogen-bond donors (Lipinski definition) is 1. The van der Waals surface area contributed by atoms with Gasteiger partial charge in [-0.15, -0.1) is 0 Å². The lowest BCUT2D eigenvalue weighted by Gasteiger charge is -2.35. The number of hydrogen-bond acceptors (Lipinski definition) is 3. The number of morpholine rings is 1. The normalized spacial score (nSPS) is 18.4. The van der Waals surface area contributed by atoms with E-state index in [9.17, 15) is 9.59 Å². The number of carboxylic acids is 1. The number of nitrogens with zero attached hydrogens (tertiary/aromatic N) is 2. The van der Waals surface area contributed by atoms with Gasteiger partial charge in [0.1, 0.15) is 0 Å². The minimum absolute atomic E-state index is 0.0799. The molecule has 1 heterocycles. The molecule has 2 rings (SSSR count). The first kappa shape index (κ1) is 15.3. The third-order valence-electron chi connectivity index (χ3n) is 3.57. The van der Waals surface area contributed by atoms with Crippen LogP contribution in [-0.4, -0.2) is 54.4 Å². The largest absolute Gasteiger partial charge is 0.479 e. The van der Waals surface area contributed by atoms with E-state index < -0.39 is 12.1 Å². The Kier molecular flexibility index (Phi) is 4.80. The van der Waals surface area contributed by atoms with Crippen molar-refractivity contribution in [1.29, 1.82) is 0 Å². The van der Waals surface area contributed by atoms with Gasteiger partial charge in [0.2, 0.25) is 0 Å². The van der Waals surface area contributed by atoms with Crippen LogP contribution in [0.25, 0.3) is 0 Å². The van der Waals surface area contributed by atoms with E-state index in [4.69, 9.17) is 9.84 Å². The van der Waals surface area contributed by atoms with Crippen molar-refractivity contribution in [1.82, 2.24) is 4.90 Å². The van der Waals surface area contributed by atoms with Gasteiger partial charge in [0.15, 0.2) is 6.10 Å². The van der Waals surface area contributed by atoms with Crippen molar-refractivity contribution in [2.24, 2.45) is 0 Å². The van der Waals surface area contributed by atoms with Crippen molar-refractivity contribution in [2.45, 2.75) is 20.0 Å². The van der Waals surface area contributed by atoms with Gasteiger partial charge in [-0.25, -0.2) is 9.59 Å². The van der Waals surface area contributed by atoms with E-state index >= 15 is 0 Å². The van der Waals surface area contributed by atoms with Gasteiger partial charge in [-0.05, 0) is 25.5 Å². The number of carboxylic acid groups (broad SMARTS) is 1. The quantitative estimate of drug-likeness (QED) is 0.921. The number of carbonyl (C=O) groups excluding carboxylic acids is 1. The number of carbonyl (C=O) groups is 2. The molecule has 21 heavy (non-hydrogen) atoms. The van der Waals surface area contributed by atoms with Gasteiger partial charge < -0.3 is 14.7 Å². The van der Waals surface area contributed by atoms with E-state index in [1.165, 1.54) is 4.90 Å². The first-order valence-corrected chi connectivity index (χ1v) is 7.01. The SMILES string of the molecule is CCN(C(=O)N1CCOC(C(=O)O)C1)c1ccccc1C. The molecule has 6 heteroatoms. The number of aliphatic carboxylic acids is 1. The summed E-state index contributed by atoms with van der Waals surface area (Å²) in [5, 5.41) is 9.02. The Morgan fingerprint density at radius 2 is 2.14 bits per heavy atom. The lowest BCUT2D eigenvalue weighted by atomic mass is 10.2. The van der Waals surface area contributed by atoms with Crippen molar-refractivity contribution in [2.75, 3.05) is 31.1 Å². The van der Waals surface area contributed by atoms with Crippen LogP contribution in [0.2, 0.25) is 0 Å². The van der Waals surface area contributed by atoms with E-state index in [0.29, 0.717) is 13.1 Å². The highest BCUT2D eigenvalue weighted by Crippen LogP contribution is 2.21. The number of para-hydroxylation sites is 1. The maximum atomic E-state index is 12.7. The zero-order valence-electron chi connectivity index (χ0n) is 12.3. The van der Waals surface area contributed by atoms with Gasteiger partial charge in [0.25, 0.3) is 0 Å². The van der Waals surface area contributed by atoms with Crippen molar-refractivity contribution in [3.05, 3.63) is 29.8 Å². The van der Waals surface area contributed by atoms with Crippen LogP contribution in [0.5, 0.6) is 0 Å². The number of urea groups is 1. The van der Waals surface area contributed by atoms with Crippen LogP contribution in [0.15, 0.2) is 24.3 Å². The third-order valence-corrected chi connectivity index (χ3v) is 3.57. The minimum atomic E-state index is -1.04. The van der Waals surface area contributed by atoms with Crippen molar-refractivity contribution in [3.8, 4) is 0 Å². The standard InChI is InChI=1S/C15H20N2O4/c1-3-17(12-7-5-4-6-11(12)2)15(20)16-8-9-21-13(10-16)14(18)19/h4-7,13H,3,8-10H2,1-2H3,(H,18,19). The number of benzene rings is 1. The molecular weight excluding hydrogens is 272 g/mol. The molecule has 0 aromatic heterocycles. The molecule has 0 bridgehead atoms. The predicted octanol–water partition coefficient (Wildman–Crippen LogP) is 1.73. The monoisotopic (exact) mass is 292 g/mol. The second kappa shape index (κ2) is 6.58. The molecule has 6 nitrogen and oxygen atoms in total. The van der Waals surface area contributed by atoms with Crippen LogP contribution in [0.3, 0.4) is 0 Å². The van der Waals surface area contributed by atoms with Gasteiger partial charge >= 0.3 is 12.0 Å². The molecule has 0 radical (unpaired) electrons. The summed E-state index contributed by atoms with van der Waals surface area (Å²) in [5.74, 6) is -1.04. The molecule has 1 aliphatic rings. The van der Waals surface area contributed by atoms with Crippen LogP contribution in [0, 0.1) is 6.92 Å². The van der Waals surface area contributed by atoms with Gasteiger partial charge in [0.05, 0.1) is 13.2 Å². The first-order valence-electron chi connectivity index (χ1n) is 7.01. The van der Waals surface area contributed by atoms with Crippen LogP contribution < -0.4 is 4.90 Å². The average molecular weight is 292 g/mol. The number of rotatable bonds is 3. The maximum Gasteiger partial charge on any atom is 0.334 e. The first-order chi connectivity index (χ1) is 10.0. The Labute approximate surface area is 123 Å². The number of anilines is 1. The zero-order valence-corrected chi connectivity index (χ0v) is 12.3. The summed E-state index contributed by atoms with van der Waals surface area (Å²) in [4.78, 5) is 26.9. The number of aryl methyl sites for hydroxylation is 1. The summed E-state index contributed by atoms with van der Waals surface area (Å²) in [6.07, 6.45) is -0.946. The maximum absolute atomic E-state index is 12.7. The number of ether oxygens (including phenoxy) is 1. The lowest BCUT2D eigenvalue weighted by Crippen LogP contribution is -2.53. The molecule has 1 fully saturated rings. The smallest absolute Gasteiger partial charge is 0.334 e. The van der Waals surface area contributed by atoms with Crippen LogP contribution in [0.1, 0.15) is 12.5 Å². The molecule has 1 aliphatic heterocycles. The van der Waals surface area contributed by atoms with E-state index in [1.807, 2.05) is 38.1 Å². The molecular formula is C15H20N2O4. The average Bonchev–Trinajstić information content (AvgIpc) is 2.50. The van der Waals surface area contributed by atoms with Gasteiger partial charge in [-0.3, -0.25) is 4.90 Å². The fourth-order valence-electron chi connectivity index (χ4n) is 2.42. The van der Waals surface area contributed by atoms with E-state index in [0.717, 1.165) is 11.3 Å². The van der Waals surface area contributed by atoms with Gasteiger partial charge in [-0.1, -0.05) is 18.2 Å². The van der Waals surface area contributed by atoms with E-state index in [-0.39, 0.29) is 19.2 Å². The van der Waals surface area contributed by atoms with Crippen molar-refractivity contribution < 1.29 is 19.4 Å². The van der Waals surface area contributed by atoms with Gasteiger partial charge in [0, 0.05) is 18.8 Å². The Balaban J connectivity index is 2.17. The van der Waals surface area contributed by atoms with Crippen molar-refractivity contribution in [3.63, 3.8) is 0 Å². The van der Waals surface area contributed by atoms with E-state index in [2.05, 4.69) is 0 Å². The van der Waals surface area contributed by atoms with Crippen LogP contribution >= 0.6 is 0 Å². The Hall–Kier alpha value is -2.08. The Morgan fingerprint density at radius 1 is 1.43 bits per heavy atom. The predicted molar refractivity (Wildman–Crippen MR) is 78.5 cm³/mol. The molecule has 1 saturated heterocycles. The zero-order chi connectivity index (χ0) is 15.4. The Morgan fingerprint density at radius 3 is 2.76 bits per heavy atom. The van der Waals surface area contributed by atoms with E-state index in [1.54, 1.807) is 4.90 Å². The molecule has 0 aliphatic carbocycles. The molecule has 1 aromatic carbocycles. The molecule has 1 N–H and O–H groups in total. The minimum Gasteiger partial charge on any atom is -0.479 e. The molecule has 0 saturated carbocycles. The fraction of sp³-hybridized carbons (Fsp3) is 0.467. The highest BCUT2D eigenvalue weighted by molar-refractivity contribution is 5.93. The van der Waals surface area contributed by atoms with Crippen molar-refractivity contribution >= 4 is 17.7 Å². The summed E-state index contributed by atoms with van der Waals surface area (Å²) >= 11 is 0. The highest BCUT2D eigenvalue weighted by atomic mass is 16.5. The highest BCUT2D eigenvalue weighted by Gasteiger charge is 2.31. The second-order valence-electron chi connectivity index (χ2n) is 4.96. The summed E-state index contributed by atoms with van der Waals surface area (Å²) in [7, 11) is 0. The number of amides is 2. The molecule has 0 spiro atoms. The molecule has 2 amide bonds. The van der Waals surface area contributed by atoms with Crippen LogP contribution in [-0.2, 0) is 9.53 Å². The summed E-state index contributed by atoms with van der Waals surface area (Å²) in [6, 6.07) is 7.47. The fourth-order valence-corrected chi connectivity index (χ4v) is 2.42. The molecule has 1 aromatic rings. The molecule has 114 valence electrons. The second-order valence-corrected chi connectivity index (χ2v) is 4.96.